The first-order valence-electron chi connectivity index (χ1n) is 3.57. The van der Waals surface area contributed by atoms with Gasteiger partial charge in [0.15, 0.2) is 0 Å². The predicted octanol–water partition coefficient (Wildman–Crippen LogP) is 2.14. The summed E-state index contributed by atoms with van der Waals surface area (Å²) >= 11 is 3.59. The predicted molar refractivity (Wildman–Crippen MR) is 52.7 cm³/mol. The third-order valence-corrected chi connectivity index (χ3v) is 2.89. The third-order valence-electron chi connectivity index (χ3n) is 1.48. The van der Waals surface area contributed by atoms with Crippen LogP contribution in [0.3, 0.4) is 0 Å². The molecule has 0 saturated heterocycles. The van der Waals surface area contributed by atoms with Crippen molar-refractivity contribution in [3.8, 4) is 0 Å². The van der Waals surface area contributed by atoms with E-state index in [9.17, 15) is 4.57 Å². The maximum atomic E-state index is 10.8. The number of hydrogen-bond donors (Lipinski definition) is 2. The molecule has 65 valence electrons. The van der Waals surface area contributed by atoms with Gasteiger partial charge >= 0.3 is 0 Å². The first-order chi connectivity index (χ1) is 5.58. The second-order valence-electron chi connectivity index (χ2n) is 2.55. The summed E-state index contributed by atoms with van der Waals surface area (Å²) in [5.74, 6) is 0. The molecule has 1 rings (SSSR count). The molecule has 1 aromatic carbocycles. The van der Waals surface area contributed by atoms with Gasteiger partial charge in [-0.25, -0.2) is 0 Å². The van der Waals surface area contributed by atoms with E-state index in [0.29, 0.717) is 6.42 Å². The van der Waals surface area contributed by atoms with Crippen LogP contribution in [0.2, 0.25) is 0 Å². The summed E-state index contributed by atoms with van der Waals surface area (Å²) in [6.45, 7) is -3.15. The lowest BCUT2D eigenvalue weighted by molar-refractivity contribution is 0.497. The van der Waals surface area contributed by atoms with Crippen LogP contribution >= 0.6 is 18.8 Å². The molecular weight excluding hydrogens is 191 g/mol. The molecule has 0 bridgehead atoms. The Morgan fingerprint density at radius 2 is 2.08 bits per heavy atom. The molecule has 0 aliphatic rings. The fraction of sp³-hybridized carbons (Fsp3) is 0.250. The smallest absolute Gasteiger partial charge is 0.252 e. The number of benzene rings is 1. The molecule has 0 spiro atoms. The van der Waals surface area contributed by atoms with E-state index in [1.807, 2.05) is 12.1 Å². The summed E-state index contributed by atoms with van der Waals surface area (Å²) in [4.78, 5) is 8.89. The summed E-state index contributed by atoms with van der Waals surface area (Å²) in [7, 11) is 0. The van der Waals surface area contributed by atoms with Crippen LogP contribution in [0.5, 0.6) is 0 Å². The van der Waals surface area contributed by atoms with Crippen molar-refractivity contribution < 1.29 is 9.46 Å². The maximum absolute atomic E-state index is 10.8. The molecule has 1 radical (unpaired) electrons. The van der Waals surface area contributed by atoms with E-state index in [4.69, 9.17) is 4.89 Å². The summed E-state index contributed by atoms with van der Waals surface area (Å²) in [6, 6.07) is 10.2. The van der Waals surface area contributed by atoms with E-state index in [2.05, 4.69) is 18.3 Å². The minimum absolute atomic E-state index is 0.222. The van der Waals surface area contributed by atoms with Gasteiger partial charge in [-0.1, -0.05) is 36.5 Å². The first kappa shape index (κ1) is 9.85. The van der Waals surface area contributed by atoms with Crippen molar-refractivity contribution in [3.05, 3.63) is 35.9 Å². The van der Waals surface area contributed by atoms with Gasteiger partial charge in [0, 0.05) is 6.16 Å². The highest BCUT2D eigenvalue weighted by atomic mass is 32.7. The highest BCUT2D eigenvalue weighted by molar-refractivity contribution is 8.45. The Kier molecular flexibility index (Phi) is 3.39. The number of thiol groups is 1. The van der Waals surface area contributed by atoms with Gasteiger partial charge < -0.3 is 4.89 Å². The van der Waals surface area contributed by atoms with Crippen molar-refractivity contribution in [1.29, 1.82) is 0 Å². The molecule has 12 heavy (non-hydrogen) atoms. The van der Waals surface area contributed by atoms with Crippen LogP contribution in [-0.4, -0.2) is 11.1 Å². The van der Waals surface area contributed by atoms with Crippen LogP contribution in [0.4, 0.5) is 0 Å². The van der Waals surface area contributed by atoms with Gasteiger partial charge in [0.25, 0.3) is 6.57 Å². The van der Waals surface area contributed by atoms with Crippen LogP contribution in [-0.2, 0) is 11.0 Å². The summed E-state index contributed by atoms with van der Waals surface area (Å²) < 4.78 is 10.8. The quantitative estimate of drug-likeness (QED) is 0.580. The molecule has 0 aromatic heterocycles. The molecule has 1 unspecified atom stereocenters. The number of rotatable bonds is 3. The summed E-state index contributed by atoms with van der Waals surface area (Å²) in [5.41, 5.74) is 1.04. The zero-order chi connectivity index (χ0) is 9.03. The van der Waals surface area contributed by atoms with Gasteiger partial charge in [-0.15, -0.1) is 0 Å². The van der Waals surface area contributed by atoms with Crippen LogP contribution in [0.15, 0.2) is 24.3 Å². The topological polar surface area (TPSA) is 37.3 Å². The SMILES string of the molecule is O=P(O)(S)CCc1cc[c]cc1. The lowest BCUT2D eigenvalue weighted by Crippen LogP contribution is -1.89. The molecule has 1 aromatic rings. The Balaban J connectivity index is 2.50. The zero-order valence-electron chi connectivity index (χ0n) is 6.47. The van der Waals surface area contributed by atoms with Crippen molar-refractivity contribution in [1.82, 2.24) is 0 Å². The normalized spacial score (nSPS) is 15.5. The van der Waals surface area contributed by atoms with Crippen molar-refractivity contribution in [2.75, 3.05) is 6.16 Å². The minimum atomic E-state index is -3.15. The van der Waals surface area contributed by atoms with Gasteiger partial charge in [-0.05, 0) is 18.1 Å². The van der Waals surface area contributed by atoms with E-state index in [0.717, 1.165) is 5.56 Å². The molecule has 0 aliphatic carbocycles. The molecular formula is C8H10O2PS. The van der Waals surface area contributed by atoms with Crippen LogP contribution < -0.4 is 0 Å². The van der Waals surface area contributed by atoms with Crippen molar-refractivity contribution in [2.45, 2.75) is 6.42 Å². The van der Waals surface area contributed by atoms with E-state index >= 15 is 0 Å². The van der Waals surface area contributed by atoms with E-state index in [-0.39, 0.29) is 6.16 Å². The Morgan fingerprint density at radius 1 is 1.50 bits per heavy atom. The molecule has 0 fully saturated rings. The number of aryl methyl sites for hydroxylation is 1. The number of hydrogen-bond acceptors (Lipinski definition) is 1. The standard InChI is InChI=1S/C8H10O2PS/c9-11(10,12)7-6-8-4-2-1-3-5-8/h2-5H,6-7H2,(H2,9,10,12). The molecule has 0 saturated carbocycles. The van der Waals surface area contributed by atoms with Crippen LogP contribution in [0, 0.1) is 6.07 Å². The third kappa shape index (κ3) is 3.96. The minimum Gasteiger partial charge on any atom is -0.337 e. The first-order valence-corrected chi connectivity index (χ1v) is 6.57. The Morgan fingerprint density at radius 3 is 2.58 bits per heavy atom. The Labute approximate surface area is 77.2 Å². The average Bonchev–Trinajstić information content (AvgIpc) is 2.02. The lowest BCUT2D eigenvalue weighted by Gasteiger charge is -2.03. The van der Waals surface area contributed by atoms with E-state index in [1.165, 1.54) is 0 Å². The van der Waals surface area contributed by atoms with Gasteiger partial charge in [0.1, 0.15) is 0 Å². The van der Waals surface area contributed by atoms with E-state index < -0.39 is 6.57 Å². The van der Waals surface area contributed by atoms with Crippen molar-refractivity contribution in [2.24, 2.45) is 0 Å². The average molecular weight is 201 g/mol. The van der Waals surface area contributed by atoms with Gasteiger partial charge in [-0.2, -0.15) is 0 Å². The molecule has 0 heterocycles. The fourth-order valence-electron chi connectivity index (χ4n) is 0.863. The highest BCUT2D eigenvalue weighted by Gasteiger charge is 2.10. The monoisotopic (exact) mass is 201 g/mol. The maximum Gasteiger partial charge on any atom is 0.252 e. The second-order valence-corrected chi connectivity index (χ2v) is 6.20. The summed E-state index contributed by atoms with van der Waals surface area (Å²) in [5, 5.41) is 0. The largest absolute Gasteiger partial charge is 0.337 e. The van der Waals surface area contributed by atoms with Crippen LogP contribution in [0.25, 0.3) is 0 Å². The second kappa shape index (κ2) is 4.13. The van der Waals surface area contributed by atoms with Crippen molar-refractivity contribution >= 4 is 18.8 Å². The molecule has 1 atom stereocenters. The van der Waals surface area contributed by atoms with Gasteiger partial charge in [0.2, 0.25) is 0 Å². The molecule has 4 heteroatoms. The molecule has 0 aliphatic heterocycles. The molecule has 1 N–H and O–H groups in total. The Hall–Kier alpha value is -0.240. The fourth-order valence-corrected chi connectivity index (χ4v) is 1.71. The zero-order valence-corrected chi connectivity index (χ0v) is 8.26. The molecule has 2 nitrogen and oxygen atoms in total. The van der Waals surface area contributed by atoms with Crippen molar-refractivity contribution in [3.63, 3.8) is 0 Å². The summed E-state index contributed by atoms with van der Waals surface area (Å²) in [6.07, 6.45) is 0.812. The molecule has 0 amide bonds. The van der Waals surface area contributed by atoms with E-state index in [1.54, 1.807) is 12.1 Å². The van der Waals surface area contributed by atoms with Gasteiger partial charge in [-0.3, -0.25) is 4.57 Å². The Bertz CT molecular complexity index is 280. The highest BCUT2D eigenvalue weighted by Crippen LogP contribution is 2.45. The lowest BCUT2D eigenvalue weighted by atomic mass is 10.2. The van der Waals surface area contributed by atoms with Crippen LogP contribution in [0.1, 0.15) is 5.56 Å². The van der Waals surface area contributed by atoms with Gasteiger partial charge in [0.05, 0.1) is 0 Å².